The van der Waals surface area contributed by atoms with E-state index < -0.39 is 5.41 Å². The van der Waals surface area contributed by atoms with Crippen LogP contribution in [0.4, 0.5) is 0 Å². The second kappa shape index (κ2) is 5.45. The molecular formula is C15H20O2S. The number of benzene rings is 1. The molecule has 1 aromatic rings. The summed E-state index contributed by atoms with van der Waals surface area (Å²) in [4.78, 5) is 13.5. The van der Waals surface area contributed by atoms with Crippen LogP contribution in [0.25, 0.3) is 0 Å². The quantitative estimate of drug-likeness (QED) is 0.653. The molecule has 0 radical (unpaired) electrons. The lowest BCUT2D eigenvalue weighted by molar-refractivity contribution is 0.0348. The summed E-state index contributed by atoms with van der Waals surface area (Å²) in [6.45, 7) is 4.28. The van der Waals surface area contributed by atoms with Gasteiger partial charge in [-0.1, -0.05) is 32.4 Å². The minimum atomic E-state index is -0.479. The van der Waals surface area contributed by atoms with Crippen molar-refractivity contribution in [3.05, 3.63) is 29.8 Å². The van der Waals surface area contributed by atoms with Crippen LogP contribution >= 0.6 is 11.8 Å². The molecule has 0 spiro atoms. The van der Waals surface area contributed by atoms with Gasteiger partial charge < -0.3 is 5.11 Å². The van der Waals surface area contributed by atoms with Crippen LogP contribution in [0, 0.1) is 5.41 Å². The van der Waals surface area contributed by atoms with E-state index in [9.17, 15) is 9.90 Å². The van der Waals surface area contributed by atoms with Crippen LogP contribution in [-0.2, 0) is 0 Å². The zero-order chi connectivity index (χ0) is 13.2. The monoisotopic (exact) mass is 264 g/mol. The largest absolute Gasteiger partial charge is 0.395 e. The normalized spacial score (nSPS) is 17.6. The number of ketones is 1. The predicted octanol–water partition coefficient (Wildman–Crippen LogP) is 3.53. The van der Waals surface area contributed by atoms with Gasteiger partial charge >= 0.3 is 0 Å². The lowest BCUT2D eigenvalue weighted by Crippen LogP contribution is -2.41. The first kappa shape index (κ1) is 13.6. The molecule has 98 valence electrons. The van der Waals surface area contributed by atoms with Crippen LogP contribution in [0.3, 0.4) is 0 Å². The van der Waals surface area contributed by atoms with Crippen molar-refractivity contribution in [2.24, 2.45) is 5.41 Å². The Balaban J connectivity index is 2.12. The molecule has 0 heterocycles. The van der Waals surface area contributed by atoms with Crippen molar-refractivity contribution < 1.29 is 9.90 Å². The fraction of sp³-hybridized carbons (Fsp3) is 0.533. The van der Waals surface area contributed by atoms with Gasteiger partial charge in [0.15, 0.2) is 5.78 Å². The van der Waals surface area contributed by atoms with Gasteiger partial charge in [0.1, 0.15) is 0 Å². The van der Waals surface area contributed by atoms with Crippen molar-refractivity contribution in [2.75, 3.05) is 6.61 Å². The van der Waals surface area contributed by atoms with Crippen LogP contribution < -0.4 is 0 Å². The van der Waals surface area contributed by atoms with Gasteiger partial charge in [-0.15, -0.1) is 11.8 Å². The van der Waals surface area contributed by atoms with Crippen molar-refractivity contribution in [3.8, 4) is 0 Å². The van der Waals surface area contributed by atoms with E-state index in [-0.39, 0.29) is 12.4 Å². The minimum absolute atomic E-state index is 0.0195. The standard InChI is InChI=1S/C15H20O2S/c1-11(2)18-13-6-4-12(5-7-13)14(17)15(10-16)8-3-9-15/h4-7,11,16H,3,8-10H2,1-2H3. The van der Waals surface area contributed by atoms with Crippen LogP contribution in [0.1, 0.15) is 43.5 Å². The third kappa shape index (κ3) is 2.62. The summed E-state index contributed by atoms with van der Waals surface area (Å²) >= 11 is 1.79. The number of rotatable bonds is 5. The van der Waals surface area contributed by atoms with Crippen molar-refractivity contribution >= 4 is 17.5 Å². The van der Waals surface area contributed by atoms with Gasteiger partial charge in [0.2, 0.25) is 0 Å². The van der Waals surface area contributed by atoms with Crippen molar-refractivity contribution in [1.82, 2.24) is 0 Å². The molecule has 1 N–H and O–H groups in total. The maximum Gasteiger partial charge on any atom is 0.171 e. The highest BCUT2D eigenvalue weighted by Crippen LogP contribution is 2.43. The van der Waals surface area contributed by atoms with Crippen molar-refractivity contribution in [3.63, 3.8) is 0 Å². The summed E-state index contributed by atoms with van der Waals surface area (Å²) in [5, 5.41) is 9.96. The molecule has 1 aromatic carbocycles. The summed E-state index contributed by atoms with van der Waals surface area (Å²) in [5.74, 6) is 0.109. The van der Waals surface area contributed by atoms with E-state index in [0.717, 1.165) is 24.8 Å². The summed E-state index contributed by atoms with van der Waals surface area (Å²) in [5.41, 5.74) is 0.254. The zero-order valence-electron chi connectivity index (χ0n) is 11.0. The molecular weight excluding hydrogens is 244 g/mol. The number of hydrogen-bond acceptors (Lipinski definition) is 3. The third-order valence-corrected chi connectivity index (χ3v) is 4.60. The summed E-state index contributed by atoms with van der Waals surface area (Å²) in [6, 6.07) is 7.79. The maximum atomic E-state index is 12.3. The highest BCUT2D eigenvalue weighted by molar-refractivity contribution is 7.99. The lowest BCUT2D eigenvalue weighted by atomic mass is 9.65. The molecule has 1 aliphatic carbocycles. The average Bonchev–Trinajstić information content (AvgIpc) is 2.28. The highest BCUT2D eigenvalue weighted by atomic mass is 32.2. The third-order valence-electron chi connectivity index (χ3n) is 3.58. The van der Waals surface area contributed by atoms with Crippen LogP contribution in [-0.4, -0.2) is 22.7 Å². The first-order chi connectivity index (χ1) is 8.57. The Hall–Kier alpha value is -0.800. The van der Waals surface area contributed by atoms with Gasteiger partial charge in [-0.3, -0.25) is 4.79 Å². The summed E-state index contributed by atoms with van der Waals surface area (Å²) < 4.78 is 0. The molecule has 0 aliphatic heterocycles. The minimum Gasteiger partial charge on any atom is -0.395 e. The number of Topliss-reactive ketones (excluding diaryl/α,β-unsaturated/α-hetero) is 1. The number of aliphatic hydroxyl groups excluding tert-OH is 1. The first-order valence-electron chi connectivity index (χ1n) is 6.50. The van der Waals surface area contributed by atoms with Gasteiger partial charge in [0.05, 0.1) is 12.0 Å². The smallest absolute Gasteiger partial charge is 0.171 e. The maximum absolute atomic E-state index is 12.3. The van der Waals surface area contributed by atoms with Gasteiger partial charge in [-0.25, -0.2) is 0 Å². The molecule has 1 fully saturated rings. The number of hydrogen-bond donors (Lipinski definition) is 1. The molecule has 1 aliphatic rings. The molecule has 0 saturated heterocycles. The highest BCUT2D eigenvalue weighted by Gasteiger charge is 2.43. The molecule has 2 nitrogen and oxygen atoms in total. The van der Waals surface area contributed by atoms with Gasteiger partial charge in [-0.2, -0.15) is 0 Å². The van der Waals surface area contributed by atoms with E-state index in [0.29, 0.717) is 5.25 Å². The number of aliphatic hydroxyl groups is 1. The van der Waals surface area contributed by atoms with Gasteiger partial charge in [0, 0.05) is 15.7 Å². The summed E-state index contributed by atoms with van der Waals surface area (Å²) in [7, 11) is 0. The Kier molecular flexibility index (Phi) is 4.13. The molecule has 1 saturated carbocycles. The van der Waals surface area contributed by atoms with E-state index in [1.54, 1.807) is 11.8 Å². The number of carbonyl (C=O) groups is 1. The van der Waals surface area contributed by atoms with E-state index in [2.05, 4.69) is 13.8 Å². The van der Waals surface area contributed by atoms with E-state index in [4.69, 9.17) is 0 Å². The fourth-order valence-corrected chi connectivity index (χ4v) is 3.16. The van der Waals surface area contributed by atoms with Gasteiger partial charge in [-0.05, 0) is 25.0 Å². The van der Waals surface area contributed by atoms with Crippen molar-refractivity contribution in [2.45, 2.75) is 43.3 Å². The average molecular weight is 264 g/mol. The fourth-order valence-electron chi connectivity index (χ4n) is 2.32. The Labute approximate surface area is 113 Å². The van der Waals surface area contributed by atoms with Crippen molar-refractivity contribution in [1.29, 1.82) is 0 Å². The first-order valence-corrected chi connectivity index (χ1v) is 7.38. The number of thioether (sulfide) groups is 1. The zero-order valence-corrected chi connectivity index (χ0v) is 11.8. The number of carbonyl (C=O) groups excluding carboxylic acids is 1. The molecule has 18 heavy (non-hydrogen) atoms. The Morgan fingerprint density at radius 3 is 2.33 bits per heavy atom. The molecule has 2 rings (SSSR count). The lowest BCUT2D eigenvalue weighted by Gasteiger charge is -2.38. The van der Waals surface area contributed by atoms with E-state index in [1.165, 1.54) is 4.90 Å². The Bertz CT molecular complexity index is 413. The second-order valence-corrected chi connectivity index (χ2v) is 6.96. The van der Waals surface area contributed by atoms with Gasteiger partial charge in [0.25, 0.3) is 0 Å². The van der Waals surface area contributed by atoms with Crippen LogP contribution in [0.2, 0.25) is 0 Å². The molecule has 3 heteroatoms. The summed E-state index contributed by atoms with van der Waals surface area (Å²) in [6.07, 6.45) is 2.70. The topological polar surface area (TPSA) is 37.3 Å². The molecule has 0 unspecified atom stereocenters. The SMILES string of the molecule is CC(C)Sc1ccc(C(=O)C2(CO)CCC2)cc1. The molecule has 0 aromatic heterocycles. The van der Waals surface area contributed by atoms with Crippen LogP contribution in [0.5, 0.6) is 0 Å². The molecule has 0 amide bonds. The van der Waals surface area contributed by atoms with E-state index >= 15 is 0 Å². The molecule has 0 bridgehead atoms. The Morgan fingerprint density at radius 2 is 1.94 bits per heavy atom. The second-order valence-electron chi connectivity index (χ2n) is 5.31. The Morgan fingerprint density at radius 1 is 1.33 bits per heavy atom. The van der Waals surface area contributed by atoms with E-state index in [1.807, 2.05) is 24.3 Å². The predicted molar refractivity (Wildman–Crippen MR) is 75.1 cm³/mol. The van der Waals surface area contributed by atoms with Crippen LogP contribution in [0.15, 0.2) is 29.2 Å². The molecule has 0 atom stereocenters.